The number of carbonyl (C=O) groups excluding carboxylic acids is 1. The predicted molar refractivity (Wildman–Crippen MR) is 135 cm³/mol. The number of hydrogen-bond acceptors (Lipinski definition) is 4. The second-order valence-electron chi connectivity index (χ2n) is 9.32. The van der Waals surface area contributed by atoms with E-state index in [1.54, 1.807) is 12.1 Å². The molecule has 0 bridgehead atoms. The van der Waals surface area contributed by atoms with Gasteiger partial charge in [0.2, 0.25) is 5.91 Å². The van der Waals surface area contributed by atoms with Crippen LogP contribution in [-0.4, -0.2) is 46.6 Å². The molecular weight excluding hydrogens is 453 g/mol. The van der Waals surface area contributed by atoms with E-state index in [0.717, 1.165) is 27.8 Å². The van der Waals surface area contributed by atoms with Crippen LogP contribution in [-0.2, 0) is 17.8 Å². The minimum Gasteiger partial charge on any atom is -0.393 e. The topological polar surface area (TPSA) is 56.7 Å². The van der Waals surface area contributed by atoms with E-state index in [1.165, 1.54) is 12.1 Å². The fourth-order valence-electron chi connectivity index (χ4n) is 4.39. The number of fused-ring (bicyclic) bond motifs is 1. The highest BCUT2D eigenvalue weighted by atomic mass is 35.5. The maximum absolute atomic E-state index is 13.3. The second-order valence-corrected chi connectivity index (χ2v) is 9.75. The number of aliphatic hydroxyl groups is 1. The molecule has 2 aromatic carbocycles. The van der Waals surface area contributed by atoms with Crippen LogP contribution in [0.4, 0.5) is 10.2 Å². The Bertz CT molecular complexity index is 1140. The van der Waals surface area contributed by atoms with Crippen molar-refractivity contribution in [1.82, 2.24) is 9.88 Å². The number of carbonyl (C=O) groups is 1. The van der Waals surface area contributed by atoms with Crippen molar-refractivity contribution < 1.29 is 14.3 Å². The Balaban J connectivity index is 1.66. The average Bonchev–Trinajstić information content (AvgIpc) is 2.82. The standard InChI is InChI=1S/C27H31ClFN3O2/c1-18(2)27(34)32(12-9-19-3-7-23(29)8-4-19)17-21-15-20-5-6-22(28)16-25(20)30-26(21)31-13-10-24(33)11-14-31/h3-8,15-16,18,24,33H,9-14,17H2,1-2H3. The first-order chi connectivity index (χ1) is 16.3. The van der Waals surface area contributed by atoms with Crippen LogP contribution < -0.4 is 4.90 Å². The van der Waals surface area contributed by atoms with Crippen LogP contribution in [0.2, 0.25) is 5.02 Å². The van der Waals surface area contributed by atoms with Gasteiger partial charge in [-0.15, -0.1) is 0 Å². The summed E-state index contributed by atoms with van der Waals surface area (Å²) in [7, 11) is 0. The average molecular weight is 484 g/mol. The van der Waals surface area contributed by atoms with Crippen LogP contribution in [0.25, 0.3) is 10.9 Å². The molecule has 0 spiro atoms. The highest BCUT2D eigenvalue weighted by Gasteiger charge is 2.24. The third-order valence-corrected chi connectivity index (χ3v) is 6.59. The van der Waals surface area contributed by atoms with E-state index in [4.69, 9.17) is 16.6 Å². The number of benzene rings is 2. The van der Waals surface area contributed by atoms with Gasteiger partial charge < -0.3 is 14.9 Å². The van der Waals surface area contributed by atoms with Gasteiger partial charge in [0, 0.05) is 48.1 Å². The third-order valence-electron chi connectivity index (χ3n) is 6.35. The van der Waals surface area contributed by atoms with Gasteiger partial charge in [0.05, 0.1) is 11.6 Å². The smallest absolute Gasteiger partial charge is 0.225 e. The number of rotatable bonds is 7. The molecule has 1 fully saturated rings. The lowest BCUT2D eigenvalue weighted by atomic mass is 10.0. The van der Waals surface area contributed by atoms with Crippen LogP contribution in [0.1, 0.15) is 37.8 Å². The van der Waals surface area contributed by atoms with Crippen LogP contribution >= 0.6 is 11.6 Å². The highest BCUT2D eigenvalue weighted by Crippen LogP contribution is 2.29. The van der Waals surface area contributed by atoms with E-state index in [1.807, 2.05) is 36.9 Å². The number of anilines is 1. The Kier molecular flexibility index (Phi) is 7.69. The van der Waals surface area contributed by atoms with Crippen molar-refractivity contribution in [2.75, 3.05) is 24.5 Å². The lowest BCUT2D eigenvalue weighted by Crippen LogP contribution is -2.39. The summed E-state index contributed by atoms with van der Waals surface area (Å²) in [6, 6.07) is 14.2. The first-order valence-corrected chi connectivity index (χ1v) is 12.2. The third kappa shape index (κ3) is 5.86. The maximum Gasteiger partial charge on any atom is 0.225 e. The lowest BCUT2D eigenvalue weighted by Gasteiger charge is -2.33. The molecule has 7 heteroatoms. The monoisotopic (exact) mass is 483 g/mol. The highest BCUT2D eigenvalue weighted by molar-refractivity contribution is 6.31. The van der Waals surface area contributed by atoms with E-state index >= 15 is 0 Å². The molecule has 1 amide bonds. The Hall–Kier alpha value is -2.70. The van der Waals surface area contributed by atoms with Gasteiger partial charge in [-0.1, -0.05) is 43.6 Å². The molecule has 2 heterocycles. The van der Waals surface area contributed by atoms with Gasteiger partial charge in [-0.2, -0.15) is 0 Å². The zero-order chi connectivity index (χ0) is 24.2. The Morgan fingerprint density at radius 1 is 1.18 bits per heavy atom. The Labute approximate surface area is 205 Å². The molecular formula is C27H31ClFN3O2. The van der Waals surface area contributed by atoms with Gasteiger partial charge in [0.25, 0.3) is 0 Å². The van der Waals surface area contributed by atoms with Crippen molar-refractivity contribution in [2.45, 2.75) is 45.8 Å². The van der Waals surface area contributed by atoms with Crippen molar-refractivity contribution in [3.8, 4) is 0 Å². The summed E-state index contributed by atoms with van der Waals surface area (Å²) in [6.07, 6.45) is 1.73. The van der Waals surface area contributed by atoms with E-state index < -0.39 is 0 Å². The number of hydrogen-bond donors (Lipinski definition) is 1. The molecule has 0 unspecified atom stereocenters. The van der Waals surface area contributed by atoms with Crippen LogP contribution in [0.15, 0.2) is 48.5 Å². The van der Waals surface area contributed by atoms with Gasteiger partial charge in [-0.3, -0.25) is 4.79 Å². The van der Waals surface area contributed by atoms with Crippen molar-refractivity contribution in [3.05, 3.63) is 70.5 Å². The predicted octanol–water partition coefficient (Wildman–Crippen LogP) is 5.22. The molecule has 1 N–H and O–H groups in total. The number of halogens is 2. The number of piperidine rings is 1. The molecule has 1 aliphatic rings. The number of aromatic nitrogens is 1. The first kappa shape index (κ1) is 24.4. The molecule has 0 aliphatic carbocycles. The Morgan fingerprint density at radius 2 is 1.88 bits per heavy atom. The van der Waals surface area contributed by atoms with Gasteiger partial charge in [-0.05, 0) is 55.2 Å². The van der Waals surface area contributed by atoms with Crippen LogP contribution in [0.3, 0.4) is 0 Å². The zero-order valence-corrected chi connectivity index (χ0v) is 20.4. The fraction of sp³-hybridized carbons (Fsp3) is 0.407. The number of amides is 1. The SMILES string of the molecule is CC(C)C(=O)N(CCc1ccc(F)cc1)Cc1cc2ccc(Cl)cc2nc1N1CCC(O)CC1. The summed E-state index contributed by atoms with van der Waals surface area (Å²) < 4.78 is 13.3. The first-order valence-electron chi connectivity index (χ1n) is 11.9. The van der Waals surface area contributed by atoms with Gasteiger partial charge in [0.1, 0.15) is 11.6 Å². The van der Waals surface area contributed by atoms with Gasteiger partial charge in [-0.25, -0.2) is 9.37 Å². The summed E-state index contributed by atoms with van der Waals surface area (Å²) in [5.41, 5.74) is 2.77. The zero-order valence-electron chi connectivity index (χ0n) is 19.7. The minimum atomic E-state index is -0.288. The van der Waals surface area contributed by atoms with Crippen molar-refractivity contribution in [3.63, 3.8) is 0 Å². The maximum atomic E-state index is 13.3. The van der Waals surface area contributed by atoms with Crippen LogP contribution in [0, 0.1) is 11.7 Å². The van der Waals surface area contributed by atoms with Crippen molar-refractivity contribution in [1.29, 1.82) is 0 Å². The molecule has 1 aliphatic heterocycles. The molecule has 1 aromatic heterocycles. The quantitative estimate of drug-likeness (QED) is 0.501. The fourth-order valence-corrected chi connectivity index (χ4v) is 4.56. The molecule has 0 saturated carbocycles. The molecule has 0 radical (unpaired) electrons. The van der Waals surface area contributed by atoms with E-state index in [-0.39, 0.29) is 23.7 Å². The van der Waals surface area contributed by atoms with Crippen LogP contribution in [0.5, 0.6) is 0 Å². The molecule has 4 rings (SSSR count). The van der Waals surface area contributed by atoms with E-state index in [9.17, 15) is 14.3 Å². The van der Waals surface area contributed by atoms with Crippen molar-refractivity contribution in [2.24, 2.45) is 5.92 Å². The van der Waals surface area contributed by atoms with Gasteiger partial charge >= 0.3 is 0 Å². The number of nitrogens with zero attached hydrogens (tertiary/aromatic N) is 3. The molecule has 0 atom stereocenters. The summed E-state index contributed by atoms with van der Waals surface area (Å²) in [5, 5.41) is 11.6. The van der Waals surface area contributed by atoms with Gasteiger partial charge in [0.15, 0.2) is 0 Å². The summed E-state index contributed by atoms with van der Waals surface area (Å²) in [5.74, 6) is 0.495. The van der Waals surface area contributed by atoms with E-state index in [2.05, 4.69) is 11.0 Å². The molecule has 1 saturated heterocycles. The lowest BCUT2D eigenvalue weighted by molar-refractivity contribution is -0.135. The second kappa shape index (κ2) is 10.7. The summed E-state index contributed by atoms with van der Waals surface area (Å²) in [4.78, 5) is 22.2. The summed E-state index contributed by atoms with van der Waals surface area (Å²) in [6.45, 7) is 6.18. The molecule has 180 valence electrons. The van der Waals surface area contributed by atoms with Crippen molar-refractivity contribution >= 4 is 34.2 Å². The van der Waals surface area contributed by atoms with E-state index in [0.29, 0.717) is 50.5 Å². The number of aliphatic hydroxyl groups excluding tert-OH is 1. The minimum absolute atomic E-state index is 0.0679. The molecule has 5 nitrogen and oxygen atoms in total. The normalized spacial score (nSPS) is 14.7. The molecule has 3 aromatic rings. The largest absolute Gasteiger partial charge is 0.393 e. The Morgan fingerprint density at radius 3 is 2.56 bits per heavy atom. The number of pyridine rings is 1. The molecule has 34 heavy (non-hydrogen) atoms. The summed E-state index contributed by atoms with van der Waals surface area (Å²) >= 11 is 6.22.